The minimum atomic E-state index is -2.44. The molecule has 0 unspecified atom stereocenters. The predicted molar refractivity (Wildman–Crippen MR) is 204 cm³/mol. The van der Waals surface area contributed by atoms with Gasteiger partial charge < -0.3 is 0 Å². The zero-order chi connectivity index (χ0) is 32.8. The first-order valence-corrected chi connectivity index (χ1v) is 23.4. The number of hydrogen-bond acceptors (Lipinski definition) is 0. The molecule has 0 saturated carbocycles. The van der Waals surface area contributed by atoms with Crippen molar-refractivity contribution >= 4 is 52.5 Å². The first kappa shape index (κ1) is 33.0. The van der Waals surface area contributed by atoms with E-state index in [9.17, 15) is 0 Å². The van der Waals surface area contributed by atoms with Crippen LogP contribution in [0.25, 0.3) is 43.4 Å². The van der Waals surface area contributed by atoms with Gasteiger partial charge in [0.2, 0.25) is 0 Å². The van der Waals surface area contributed by atoms with Gasteiger partial charge in [-0.15, -0.1) is 74.3 Å². The molecule has 0 aliphatic heterocycles. The monoisotopic (exact) mass is 724 g/mol. The molecule has 0 bridgehead atoms. The summed E-state index contributed by atoms with van der Waals surface area (Å²) in [5, 5.41) is 8.14. The normalized spacial score (nSPS) is 10.7. The second-order valence-corrected chi connectivity index (χ2v) is 20.0. The Balaban J connectivity index is 0.000000123. The van der Waals surface area contributed by atoms with E-state index in [2.05, 4.69) is 148 Å². The fraction of sp³-hybridized carbons (Fsp3) is 0.0682. The fourth-order valence-corrected chi connectivity index (χ4v) is 10.6. The van der Waals surface area contributed by atoms with Gasteiger partial charge in [-0.1, -0.05) is 84.3 Å². The Morgan fingerprint density at radius 2 is 0.979 bits per heavy atom. The quantitative estimate of drug-likeness (QED) is 0.159. The summed E-state index contributed by atoms with van der Waals surface area (Å²) < 4.78 is 1.15. The molecule has 47 heavy (non-hydrogen) atoms. The average Bonchev–Trinajstić information content (AvgIpc) is 3.65. The molecule has 0 atom stereocenters. The number of aryl methyl sites for hydroxylation is 3. The second kappa shape index (κ2) is 15.4. The molecular weight excluding hydrogens is 691 g/mol. The van der Waals surface area contributed by atoms with Crippen LogP contribution < -0.4 is 0 Å². The van der Waals surface area contributed by atoms with E-state index >= 15 is 0 Å². The van der Waals surface area contributed by atoms with E-state index in [0.717, 1.165) is 14.3 Å². The molecule has 0 aliphatic carbocycles. The third-order valence-electron chi connectivity index (χ3n) is 8.31. The van der Waals surface area contributed by atoms with Crippen LogP contribution in [0.5, 0.6) is 0 Å². The molecule has 0 spiro atoms. The van der Waals surface area contributed by atoms with E-state index in [4.69, 9.17) is 17.0 Å². The Labute approximate surface area is 292 Å². The van der Waals surface area contributed by atoms with E-state index in [1.54, 1.807) is 0 Å². The van der Waals surface area contributed by atoms with Crippen LogP contribution in [-0.2, 0) is 18.9 Å². The summed E-state index contributed by atoms with van der Waals surface area (Å²) in [4.78, 5) is 0. The van der Waals surface area contributed by atoms with Crippen LogP contribution in [0.15, 0.2) is 164 Å². The topological polar surface area (TPSA) is 0 Å². The van der Waals surface area contributed by atoms with Crippen molar-refractivity contribution in [3.63, 3.8) is 0 Å². The van der Waals surface area contributed by atoms with E-state index in [0.29, 0.717) is 0 Å². The van der Waals surface area contributed by atoms with Gasteiger partial charge in [0.1, 0.15) is 0 Å². The molecule has 0 saturated heterocycles. The van der Waals surface area contributed by atoms with Gasteiger partial charge in [0, 0.05) is 0 Å². The molecule has 232 valence electrons. The van der Waals surface area contributed by atoms with Crippen LogP contribution in [-0.4, -0.2) is 3.21 Å². The van der Waals surface area contributed by atoms with Crippen LogP contribution in [0, 0.1) is 20.8 Å². The van der Waals surface area contributed by atoms with Gasteiger partial charge in [0.25, 0.3) is 0 Å². The van der Waals surface area contributed by atoms with E-state index in [1.165, 1.54) is 60.1 Å². The standard InChI is InChI=1S/C16H13.C15H13.C13H10.2ClH.Zr/c1-12-10-14-8-5-9-15(16(14)11-12)13-6-3-2-4-7-13;1-10-3-5-14-12(7-10)9-13-8-11(2)4-6-15(13)14;1-3-7-12(8-4-1)11-13-9-5-2-6-10-13;;;/h2-11H,1H3;3-9H,1-2H3;1-10H;2*1H;/q2*-1;;;;+2/p-2. The van der Waals surface area contributed by atoms with E-state index in [-0.39, 0.29) is 0 Å². The Kier molecular flexibility index (Phi) is 10.8. The summed E-state index contributed by atoms with van der Waals surface area (Å²) in [6, 6.07) is 57.5. The predicted octanol–water partition coefficient (Wildman–Crippen LogP) is 13.0. The van der Waals surface area contributed by atoms with Gasteiger partial charge in [-0.2, -0.15) is 6.07 Å². The van der Waals surface area contributed by atoms with Crippen molar-refractivity contribution in [3.05, 3.63) is 192 Å². The summed E-state index contributed by atoms with van der Waals surface area (Å²) in [6.45, 7) is 6.43. The summed E-state index contributed by atoms with van der Waals surface area (Å²) >= 11 is -2.44. The van der Waals surface area contributed by atoms with Gasteiger partial charge in [-0.25, -0.2) is 0 Å². The fourth-order valence-electron chi connectivity index (χ4n) is 6.11. The second-order valence-electron chi connectivity index (χ2n) is 11.9. The van der Waals surface area contributed by atoms with Crippen molar-refractivity contribution in [1.82, 2.24) is 0 Å². The molecule has 0 heterocycles. The Morgan fingerprint density at radius 3 is 1.49 bits per heavy atom. The average molecular weight is 727 g/mol. The van der Waals surface area contributed by atoms with Crippen molar-refractivity contribution in [1.29, 1.82) is 0 Å². The van der Waals surface area contributed by atoms with Crippen LogP contribution in [0.1, 0.15) is 27.8 Å². The minimum absolute atomic E-state index is 1.15. The molecule has 0 aliphatic rings. The Hall–Kier alpha value is -3.87. The number of rotatable bonds is 3. The summed E-state index contributed by atoms with van der Waals surface area (Å²) in [5.74, 6) is 0. The first-order chi connectivity index (χ1) is 22.9. The number of benzene rings is 6. The van der Waals surface area contributed by atoms with Gasteiger partial charge in [-0.05, 0) is 19.4 Å². The Morgan fingerprint density at radius 1 is 0.468 bits per heavy atom. The summed E-state index contributed by atoms with van der Waals surface area (Å²) in [5.41, 5.74) is 8.90. The maximum absolute atomic E-state index is 6.24. The van der Waals surface area contributed by atoms with Crippen molar-refractivity contribution in [3.8, 4) is 11.1 Å². The number of halogens is 2. The summed E-state index contributed by atoms with van der Waals surface area (Å²) in [7, 11) is 12.5. The van der Waals surface area contributed by atoms with Gasteiger partial charge in [0.05, 0.1) is 0 Å². The maximum atomic E-state index is 6.24. The van der Waals surface area contributed by atoms with Crippen LogP contribution in [0.3, 0.4) is 0 Å². The molecule has 0 N–H and O–H groups in total. The molecule has 8 aromatic rings. The SMILES string of the molecule is Cc1cc2c(-c3ccccc3)cccc2[cH-]1.Cc1ccc2c(c1)[cH-]c1cc(C)ccc12.[Cl][Zr]([Cl])=[C](c1ccccc1)c1ccccc1. The first-order valence-electron chi connectivity index (χ1n) is 15.8. The molecule has 0 nitrogen and oxygen atoms in total. The van der Waals surface area contributed by atoms with Crippen molar-refractivity contribution < 1.29 is 18.9 Å². The molecule has 3 heteroatoms. The van der Waals surface area contributed by atoms with Crippen LogP contribution >= 0.6 is 17.0 Å². The van der Waals surface area contributed by atoms with Crippen molar-refractivity contribution in [2.24, 2.45) is 0 Å². The van der Waals surface area contributed by atoms with Gasteiger partial charge >= 0.3 is 111 Å². The molecular formula is C44H36Cl2Zr-2. The molecule has 0 aromatic heterocycles. The Bertz CT molecular complexity index is 2170. The third-order valence-corrected chi connectivity index (χ3v) is 12.9. The molecule has 8 aromatic carbocycles. The van der Waals surface area contributed by atoms with E-state index < -0.39 is 18.9 Å². The zero-order valence-electron chi connectivity index (χ0n) is 26.8. The molecule has 8 rings (SSSR count). The van der Waals surface area contributed by atoms with Crippen molar-refractivity contribution in [2.75, 3.05) is 0 Å². The van der Waals surface area contributed by atoms with Crippen LogP contribution in [0.2, 0.25) is 0 Å². The zero-order valence-corrected chi connectivity index (χ0v) is 30.8. The molecule has 0 fully saturated rings. The van der Waals surface area contributed by atoms with Crippen LogP contribution in [0.4, 0.5) is 0 Å². The molecule has 0 radical (unpaired) electrons. The van der Waals surface area contributed by atoms with Gasteiger partial charge in [0.15, 0.2) is 0 Å². The number of fused-ring (bicyclic) bond motifs is 4. The van der Waals surface area contributed by atoms with Crippen molar-refractivity contribution in [2.45, 2.75) is 20.8 Å². The number of hydrogen-bond donors (Lipinski definition) is 0. The summed E-state index contributed by atoms with van der Waals surface area (Å²) in [6.07, 6.45) is 0. The van der Waals surface area contributed by atoms with Gasteiger partial charge in [-0.3, -0.25) is 0 Å². The third kappa shape index (κ3) is 7.99. The molecule has 0 amide bonds. The van der Waals surface area contributed by atoms with E-state index in [1.807, 2.05) is 36.4 Å².